The molecule has 13 nitrogen and oxygen atoms in total. The zero-order valence-electron chi connectivity index (χ0n) is 27.2. The summed E-state index contributed by atoms with van der Waals surface area (Å²) in [6, 6.07) is 9.87. The molecule has 1 atom stereocenters. The fourth-order valence-electron chi connectivity index (χ4n) is 5.47. The van der Waals surface area contributed by atoms with Gasteiger partial charge in [0.1, 0.15) is 23.2 Å². The maximum Gasteiger partial charge on any atom is 0.409 e. The van der Waals surface area contributed by atoms with Gasteiger partial charge in [0.15, 0.2) is 5.82 Å². The van der Waals surface area contributed by atoms with Gasteiger partial charge in [-0.15, -0.1) is 0 Å². The van der Waals surface area contributed by atoms with Crippen LogP contribution in [0.5, 0.6) is 0 Å². The monoisotopic (exact) mass is 638 g/mol. The minimum atomic E-state index is -1.04. The van der Waals surface area contributed by atoms with Crippen molar-refractivity contribution in [3.05, 3.63) is 42.1 Å². The van der Waals surface area contributed by atoms with E-state index in [2.05, 4.69) is 20.6 Å². The van der Waals surface area contributed by atoms with Crippen LogP contribution in [0.2, 0.25) is 0 Å². The number of aromatic nitrogens is 2. The van der Waals surface area contributed by atoms with Crippen molar-refractivity contribution in [3.8, 4) is 11.4 Å². The van der Waals surface area contributed by atoms with Gasteiger partial charge in [0.05, 0.1) is 12.7 Å². The molecule has 1 saturated carbocycles. The summed E-state index contributed by atoms with van der Waals surface area (Å²) in [7, 11) is 0. The van der Waals surface area contributed by atoms with E-state index in [1.807, 2.05) is 30.3 Å². The fraction of sp³-hybridized carbons (Fsp3) is 0.576. The number of piperazine rings is 1. The van der Waals surface area contributed by atoms with Gasteiger partial charge in [0.25, 0.3) is 5.91 Å². The van der Waals surface area contributed by atoms with Crippen LogP contribution in [0.4, 0.5) is 10.6 Å². The van der Waals surface area contributed by atoms with Gasteiger partial charge in [-0.3, -0.25) is 14.4 Å². The molecule has 13 heteroatoms. The van der Waals surface area contributed by atoms with Crippen molar-refractivity contribution in [1.82, 2.24) is 25.1 Å². The number of hydrogen-bond acceptors (Lipinski definition) is 10. The van der Waals surface area contributed by atoms with Crippen molar-refractivity contribution >= 4 is 29.7 Å². The Kier molecular flexibility index (Phi) is 11.9. The summed E-state index contributed by atoms with van der Waals surface area (Å²) in [6.07, 6.45) is 2.06. The Morgan fingerprint density at radius 3 is 2.26 bits per heavy atom. The second-order valence-corrected chi connectivity index (χ2v) is 12.6. The number of amides is 3. The quantitative estimate of drug-likeness (QED) is 0.329. The molecular weight excluding hydrogens is 592 g/mol. The highest BCUT2D eigenvalue weighted by Crippen LogP contribution is 2.24. The van der Waals surface area contributed by atoms with Crippen LogP contribution in [0.15, 0.2) is 36.4 Å². The van der Waals surface area contributed by atoms with Crippen LogP contribution in [0.3, 0.4) is 0 Å². The molecule has 0 radical (unpaired) electrons. The summed E-state index contributed by atoms with van der Waals surface area (Å²) in [5.41, 5.74) is 0.0865. The molecule has 1 aliphatic heterocycles. The number of esters is 1. The van der Waals surface area contributed by atoms with E-state index in [-0.39, 0.29) is 69.4 Å². The summed E-state index contributed by atoms with van der Waals surface area (Å²) < 4.78 is 10.5. The van der Waals surface area contributed by atoms with E-state index in [1.54, 1.807) is 38.7 Å². The molecule has 0 bridgehead atoms. The van der Waals surface area contributed by atoms with Crippen LogP contribution in [-0.4, -0.2) is 105 Å². The van der Waals surface area contributed by atoms with Crippen LogP contribution in [-0.2, 0) is 19.1 Å². The summed E-state index contributed by atoms with van der Waals surface area (Å²) in [5, 5.41) is 16.2. The standard InChI is InChI=1S/C33H46N6O7/c1-5-45-32(44)39-19-17-38(18-20-39)31(43)25(15-16-28(41)46-33(2,3)4)36-30(42)26-21-27(34-23-11-13-24(40)14-12-23)37-29(35-26)22-9-7-6-8-10-22/h6-10,21,23-25,40H,5,11-20H2,1-4H3,(H,36,42)(H,34,35,37)/t23?,24?,25-/m0/s1. The predicted molar refractivity (Wildman–Crippen MR) is 171 cm³/mol. The zero-order valence-corrected chi connectivity index (χ0v) is 27.2. The lowest BCUT2D eigenvalue weighted by molar-refractivity contribution is -0.155. The number of nitrogens with one attached hydrogen (secondary N) is 2. The molecule has 2 fully saturated rings. The Labute approximate surface area is 270 Å². The third kappa shape index (κ3) is 10.1. The maximum absolute atomic E-state index is 13.8. The molecule has 250 valence electrons. The molecule has 3 N–H and O–H groups in total. The number of carbonyl (C=O) groups excluding carboxylic acids is 4. The van der Waals surface area contributed by atoms with Gasteiger partial charge in [-0.25, -0.2) is 14.8 Å². The maximum atomic E-state index is 13.8. The van der Waals surface area contributed by atoms with Gasteiger partial charge < -0.3 is 35.0 Å². The molecule has 1 aromatic carbocycles. The summed E-state index contributed by atoms with van der Waals surface area (Å²) in [4.78, 5) is 64.6. The van der Waals surface area contributed by atoms with Crippen LogP contribution in [0.25, 0.3) is 11.4 Å². The molecule has 1 aromatic heterocycles. The largest absolute Gasteiger partial charge is 0.460 e. The Bertz CT molecular complexity index is 1350. The number of benzene rings is 1. The molecule has 2 aliphatic rings. The SMILES string of the molecule is CCOC(=O)N1CCN(C(=O)[C@H](CCC(=O)OC(C)(C)C)NC(=O)c2cc(NC3CCC(O)CC3)nc(-c3ccccc3)n2)CC1. The van der Waals surface area contributed by atoms with E-state index >= 15 is 0 Å². The highest BCUT2D eigenvalue weighted by molar-refractivity contribution is 5.97. The lowest BCUT2D eigenvalue weighted by Crippen LogP contribution is -2.56. The summed E-state index contributed by atoms with van der Waals surface area (Å²) >= 11 is 0. The lowest BCUT2D eigenvalue weighted by atomic mass is 9.93. The average Bonchev–Trinajstić information content (AvgIpc) is 3.03. The van der Waals surface area contributed by atoms with E-state index < -0.39 is 29.6 Å². The minimum Gasteiger partial charge on any atom is -0.460 e. The van der Waals surface area contributed by atoms with Crippen molar-refractivity contribution < 1.29 is 33.8 Å². The molecule has 46 heavy (non-hydrogen) atoms. The van der Waals surface area contributed by atoms with E-state index in [4.69, 9.17) is 9.47 Å². The van der Waals surface area contributed by atoms with Gasteiger partial charge >= 0.3 is 12.1 Å². The van der Waals surface area contributed by atoms with Crippen molar-refractivity contribution in [2.75, 3.05) is 38.1 Å². The summed E-state index contributed by atoms with van der Waals surface area (Å²) in [6.45, 7) is 8.37. The second kappa shape index (κ2) is 15.8. The molecule has 2 aromatic rings. The van der Waals surface area contributed by atoms with Crippen LogP contribution < -0.4 is 10.6 Å². The van der Waals surface area contributed by atoms with Gasteiger partial charge in [-0.1, -0.05) is 30.3 Å². The van der Waals surface area contributed by atoms with E-state index in [9.17, 15) is 24.3 Å². The summed E-state index contributed by atoms with van der Waals surface area (Å²) in [5.74, 6) is -0.624. The number of carbonyl (C=O) groups is 4. The van der Waals surface area contributed by atoms with E-state index in [0.29, 0.717) is 24.5 Å². The Hall–Kier alpha value is -4.26. The number of ether oxygens (including phenoxy) is 2. The molecule has 4 rings (SSSR count). The van der Waals surface area contributed by atoms with Crippen molar-refractivity contribution in [2.45, 2.75) is 90.0 Å². The third-order valence-corrected chi connectivity index (χ3v) is 7.82. The molecule has 1 saturated heterocycles. The average molecular weight is 639 g/mol. The third-order valence-electron chi connectivity index (χ3n) is 7.82. The Balaban J connectivity index is 1.54. The first-order valence-electron chi connectivity index (χ1n) is 16.0. The highest BCUT2D eigenvalue weighted by Gasteiger charge is 2.32. The van der Waals surface area contributed by atoms with Gasteiger partial charge in [-0.2, -0.15) is 0 Å². The molecular formula is C33H46N6O7. The zero-order chi connectivity index (χ0) is 33.3. The number of aliphatic hydroxyl groups excluding tert-OH is 1. The topological polar surface area (TPSA) is 163 Å². The predicted octanol–water partition coefficient (Wildman–Crippen LogP) is 3.38. The molecule has 0 spiro atoms. The number of rotatable bonds is 10. The van der Waals surface area contributed by atoms with Crippen LogP contribution >= 0.6 is 0 Å². The van der Waals surface area contributed by atoms with Crippen molar-refractivity contribution in [3.63, 3.8) is 0 Å². The lowest BCUT2D eigenvalue weighted by Gasteiger charge is -2.36. The number of hydrogen-bond donors (Lipinski definition) is 3. The first-order valence-corrected chi connectivity index (χ1v) is 16.0. The Morgan fingerprint density at radius 1 is 0.978 bits per heavy atom. The molecule has 1 aliphatic carbocycles. The minimum absolute atomic E-state index is 0.0176. The normalized spacial score (nSPS) is 19.2. The van der Waals surface area contributed by atoms with Crippen molar-refractivity contribution in [2.24, 2.45) is 0 Å². The highest BCUT2D eigenvalue weighted by atomic mass is 16.6. The number of nitrogens with zero attached hydrogens (tertiary/aromatic N) is 4. The van der Waals surface area contributed by atoms with E-state index in [0.717, 1.165) is 18.4 Å². The smallest absolute Gasteiger partial charge is 0.409 e. The number of anilines is 1. The Morgan fingerprint density at radius 2 is 1.63 bits per heavy atom. The van der Waals surface area contributed by atoms with E-state index in [1.165, 1.54) is 4.90 Å². The van der Waals surface area contributed by atoms with Crippen LogP contribution in [0.1, 0.15) is 76.7 Å². The van der Waals surface area contributed by atoms with Crippen LogP contribution in [0, 0.1) is 0 Å². The first-order chi connectivity index (χ1) is 21.9. The van der Waals surface area contributed by atoms with Crippen molar-refractivity contribution in [1.29, 1.82) is 0 Å². The van der Waals surface area contributed by atoms with Gasteiger partial charge in [0.2, 0.25) is 5.91 Å². The molecule has 2 heterocycles. The van der Waals surface area contributed by atoms with Gasteiger partial charge in [0, 0.05) is 50.3 Å². The fourth-order valence-corrected chi connectivity index (χ4v) is 5.47. The first kappa shape index (κ1) is 34.6. The molecule has 0 unspecified atom stereocenters. The number of aliphatic hydroxyl groups is 1. The second-order valence-electron chi connectivity index (χ2n) is 12.6. The van der Waals surface area contributed by atoms with Gasteiger partial charge in [-0.05, 0) is 59.8 Å². The molecule has 3 amide bonds.